The molecule has 5 heteroatoms. The molecule has 0 radical (unpaired) electrons. The second kappa shape index (κ2) is 5.28. The zero-order valence-corrected chi connectivity index (χ0v) is 11.0. The number of carbonyl (C=O) groups is 1. The molecule has 0 spiro atoms. The highest BCUT2D eigenvalue weighted by molar-refractivity contribution is 6.34. The molecule has 0 fully saturated rings. The second-order valence-corrected chi connectivity index (χ2v) is 4.62. The Morgan fingerprint density at radius 2 is 2.00 bits per heavy atom. The minimum Gasteiger partial charge on any atom is -0.399 e. The van der Waals surface area contributed by atoms with Crippen molar-refractivity contribution < 1.29 is 9.18 Å². The number of hydrogen-bond donors (Lipinski definition) is 2. The third kappa shape index (κ3) is 3.23. The van der Waals surface area contributed by atoms with Gasteiger partial charge in [0.25, 0.3) is 5.91 Å². The SMILES string of the molecule is Cc1ccc(C(=O)Nc2cc(N)cc(F)c2)c(Cl)c1. The van der Waals surface area contributed by atoms with Gasteiger partial charge in [-0.3, -0.25) is 4.79 Å². The molecule has 2 aromatic carbocycles. The molecule has 0 atom stereocenters. The van der Waals surface area contributed by atoms with Crippen molar-refractivity contribution >= 4 is 28.9 Å². The maximum Gasteiger partial charge on any atom is 0.257 e. The minimum atomic E-state index is -0.509. The van der Waals surface area contributed by atoms with Crippen LogP contribution in [0.15, 0.2) is 36.4 Å². The predicted molar refractivity (Wildman–Crippen MR) is 75.0 cm³/mol. The summed E-state index contributed by atoms with van der Waals surface area (Å²) in [4.78, 5) is 12.0. The molecule has 0 aromatic heterocycles. The van der Waals surface area contributed by atoms with Gasteiger partial charge in [0.1, 0.15) is 5.82 Å². The molecule has 19 heavy (non-hydrogen) atoms. The third-order valence-corrected chi connectivity index (χ3v) is 2.86. The number of carbonyl (C=O) groups excluding carboxylic acids is 1. The Kier molecular flexibility index (Phi) is 3.71. The van der Waals surface area contributed by atoms with Gasteiger partial charge >= 0.3 is 0 Å². The summed E-state index contributed by atoms with van der Waals surface area (Å²) >= 11 is 5.99. The number of halogens is 2. The highest BCUT2D eigenvalue weighted by Gasteiger charge is 2.11. The largest absolute Gasteiger partial charge is 0.399 e. The quantitative estimate of drug-likeness (QED) is 0.824. The standard InChI is InChI=1S/C14H12ClFN2O/c1-8-2-3-12(13(15)4-8)14(19)18-11-6-9(16)5-10(17)7-11/h2-7H,17H2,1H3,(H,18,19). The van der Waals surface area contributed by atoms with E-state index in [1.54, 1.807) is 18.2 Å². The number of nitrogens with one attached hydrogen (secondary N) is 1. The number of hydrogen-bond acceptors (Lipinski definition) is 2. The van der Waals surface area contributed by atoms with Crippen LogP contribution in [0.1, 0.15) is 15.9 Å². The van der Waals surface area contributed by atoms with Crippen molar-refractivity contribution in [2.45, 2.75) is 6.92 Å². The van der Waals surface area contributed by atoms with Crippen LogP contribution in [0.25, 0.3) is 0 Å². The lowest BCUT2D eigenvalue weighted by Crippen LogP contribution is -2.13. The van der Waals surface area contributed by atoms with E-state index in [0.29, 0.717) is 16.3 Å². The summed E-state index contributed by atoms with van der Waals surface area (Å²) in [7, 11) is 0. The third-order valence-electron chi connectivity index (χ3n) is 2.55. The van der Waals surface area contributed by atoms with Crippen LogP contribution in [-0.4, -0.2) is 5.91 Å². The Morgan fingerprint density at radius 3 is 2.63 bits per heavy atom. The zero-order valence-electron chi connectivity index (χ0n) is 10.2. The predicted octanol–water partition coefficient (Wildman–Crippen LogP) is 3.62. The highest BCUT2D eigenvalue weighted by Crippen LogP contribution is 2.20. The lowest BCUT2D eigenvalue weighted by molar-refractivity contribution is 0.102. The summed E-state index contributed by atoms with van der Waals surface area (Å²) in [6.45, 7) is 1.88. The lowest BCUT2D eigenvalue weighted by Gasteiger charge is -2.08. The Hall–Kier alpha value is -2.07. The summed E-state index contributed by atoms with van der Waals surface area (Å²) in [5.74, 6) is -0.916. The van der Waals surface area contributed by atoms with Crippen molar-refractivity contribution in [1.29, 1.82) is 0 Å². The van der Waals surface area contributed by atoms with Crippen LogP contribution < -0.4 is 11.1 Å². The van der Waals surface area contributed by atoms with Crippen LogP contribution in [0.3, 0.4) is 0 Å². The second-order valence-electron chi connectivity index (χ2n) is 4.21. The Balaban J connectivity index is 2.25. The fourth-order valence-corrected chi connectivity index (χ4v) is 2.01. The molecule has 2 aromatic rings. The van der Waals surface area contributed by atoms with E-state index >= 15 is 0 Å². The molecular formula is C14H12ClFN2O. The van der Waals surface area contributed by atoms with E-state index in [1.807, 2.05) is 6.92 Å². The molecular weight excluding hydrogens is 267 g/mol. The number of nitrogen functional groups attached to an aromatic ring is 1. The molecule has 98 valence electrons. The van der Waals surface area contributed by atoms with Crippen molar-refractivity contribution in [3.05, 3.63) is 58.4 Å². The van der Waals surface area contributed by atoms with E-state index in [0.717, 1.165) is 5.56 Å². The Bertz CT molecular complexity index is 623. The first kappa shape index (κ1) is 13.4. The van der Waals surface area contributed by atoms with E-state index < -0.39 is 11.7 Å². The molecule has 0 heterocycles. The molecule has 0 saturated carbocycles. The number of nitrogens with two attached hydrogens (primary N) is 1. The summed E-state index contributed by atoms with van der Waals surface area (Å²) in [5.41, 5.74) is 7.32. The van der Waals surface area contributed by atoms with Gasteiger partial charge in [0.2, 0.25) is 0 Å². The number of anilines is 2. The molecule has 2 rings (SSSR count). The number of benzene rings is 2. The highest BCUT2D eigenvalue weighted by atomic mass is 35.5. The van der Waals surface area contributed by atoms with Gasteiger partial charge in [-0.15, -0.1) is 0 Å². The Morgan fingerprint density at radius 1 is 1.26 bits per heavy atom. The summed E-state index contributed by atoms with van der Waals surface area (Å²) in [6.07, 6.45) is 0. The summed E-state index contributed by atoms with van der Waals surface area (Å²) in [6, 6.07) is 8.93. The first-order valence-electron chi connectivity index (χ1n) is 5.59. The van der Waals surface area contributed by atoms with Crippen molar-refractivity contribution in [2.24, 2.45) is 0 Å². The van der Waals surface area contributed by atoms with E-state index in [-0.39, 0.29) is 5.69 Å². The van der Waals surface area contributed by atoms with Crippen LogP contribution in [0.5, 0.6) is 0 Å². The Labute approximate surface area is 115 Å². The first-order valence-corrected chi connectivity index (χ1v) is 5.97. The topological polar surface area (TPSA) is 55.1 Å². The van der Waals surface area contributed by atoms with Crippen LogP contribution in [0, 0.1) is 12.7 Å². The van der Waals surface area contributed by atoms with Gasteiger partial charge in [0.15, 0.2) is 0 Å². The fourth-order valence-electron chi connectivity index (χ4n) is 1.69. The normalized spacial score (nSPS) is 10.3. The molecule has 0 aliphatic carbocycles. The number of aryl methyl sites for hydroxylation is 1. The van der Waals surface area contributed by atoms with Gasteiger partial charge in [0.05, 0.1) is 10.6 Å². The van der Waals surface area contributed by atoms with Gasteiger partial charge in [-0.05, 0) is 42.8 Å². The number of rotatable bonds is 2. The molecule has 0 aliphatic heterocycles. The van der Waals surface area contributed by atoms with Crippen LogP contribution in [0.4, 0.5) is 15.8 Å². The maximum atomic E-state index is 13.2. The monoisotopic (exact) mass is 278 g/mol. The molecule has 0 bridgehead atoms. The molecule has 0 unspecified atom stereocenters. The smallest absolute Gasteiger partial charge is 0.257 e. The van der Waals surface area contributed by atoms with Gasteiger partial charge in [-0.25, -0.2) is 4.39 Å². The van der Waals surface area contributed by atoms with E-state index in [1.165, 1.54) is 18.2 Å². The van der Waals surface area contributed by atoms with E-state index in [4.69, 9.17) is 17.3 Å². The molecule has 0 aliphatic rings. The van der Waals surface area contributed by atoms with Crippen molar-refractivity contribution in [1.82, 2.24) is 0 Å². The maximum absolute atomic E-state index is 13.2. The van der Waals surface area contributed by atoms with Crippen LogP contribution in [-0.2, 0) is 0 Å². The summed E-state index contributed by atoms with van der Waals surface area (Å²) < 4.78 is 13.2. The van der Waals surface area contributed by atoms with E-state index in [2.05, 4.69) is 5.32 Å². The fraction of sp³-hybridized carbons (Fsp3) is 0.0714. The lowest BCUT2D eigenvalue weighted by atomic mass is 10.1. The van der Waals surface area contributed by atoms with Crippen molar-refractivity contribution in [2.75, 3.05) is 11.1 Å². The molecule has 3 nitrogen and oxygen atoms in total. The summed E-state index contributed by atoms with van der Waals surface area (Å²) in [5, 5.41) is 2.91. The molecule has 1 amide bonds. The van der Waals surface area contributed by atoms with Gasteiger partial charge in [0, 0.05) is 11.4 Å². The minimum absolute atomic E-state index is 0.241. The first-order chi connectivity index (χ1) is 8.95. The van der Waals surface area contributed by atoms with E-state index in [9.17, 15) is 9.18 Å². The van der Waals surface area contributed by atoms with Crippen molar-refractivity contribution in [3.63, 3.8) is 0 Å². The van der Waals surface area contributed by atoms with Gasteiger partial charge < -0.3 is 11.1 Å². The number of amides is 1. The van der Waals surface area contributed by atoms with Crippen molar-refractivity contribution in [3.8, 4) is 0 Å². The average molecular weight is 279 g/mol. The average Bonchev–Trinajstić information content (AvgIpc) is 2.26. The van der Waals surface area contributed by atoms with Gasteiger partial charge in [-0.1, -0.05) is 17.7 Å². The molecule has 3 N–H and O–H groups in total. The van der Waals surface area contributed by atoms with Crippen LogP contribution >= 0.6 is 11.6 Å². The zero-order chi connectivity index (χ0) is 14.0. The van der Waals surface area contributed by atoms with Gasteiger partial charge in [-0.2, -0.15) is 0 Å². The van der Waals surface area contributed by atoms with Crippen LogP contribution in [0.2, 0.25) is 5.02 Å². The molecule has 0 saturated heterocycles.